The first kappa shape index (κ1) is 12.9. The minimum atomic E-state index is 0.302. The standard InChI is InChI=1S/C12H26N2O/c1-10(9-15)8-14(3)12-6-4-11(13-2)5-7-12/h10-13,15H,4-9H2,1-3H3. The summed E-state index contributed by atoms with van der Waals surface area (Å²) >= 11 is 0. The lowest BCUT2D eigenvalue weighted by Gasteiger charge is -2.35. The van der Waals surface area contributed by atoms with Crippen molar-refractivity contribution in [3.8, 4) is 0 Å². The van der Waals surface area contributed by atoms with Crippen molar-refractivity contribution >= 4 is 0 Å². The van der Waals surface area contributed by atoms with E-state index in [1.54, 1.807) is 0 Å². The summed E-state index contributed by atoms with van der Waals surface area (Å²) in [6.45, 7) is 3.43. The van der Waals surface area contributed by atoms with Gasteiger partial charge in [-0.1, -0.05) is 6.92 Å². The van der Waals surface area contributed by atoms with Gasteiger partial charge in [0.15, 0.2) is 0 Å². The highest BCUT2D eigenvalue weighted by atomic mass is 16.3. The van der Waals surface area contributed by atoms with Crippen LogP contribution in [0.1, 0.15) is 32.6 Å². The van der Waals surface area contributed by atoms with Gasteiger partial charge in [0, 0.05) is 25.2 Å². The molecule has 0 saturated heterocycles. The van der Waals surface area contributed by atoms with Gasteiger partial charge in [-0.3, -0.25) is 0 Å². The lowest BCUT2D eigenvalue weighted by molar-refractivity contribution is 0.132. The van der Waals surface area contributed by atoms with Gasteiger partial charge in [-0.25, -0.2) is 0 Å². The van der Waals surface area contributed by atoms with E-state index >= 15 is 0 Å². The highest BCUT2D eigenvalue weighted by Gasteiger charge is 2.23. The first-order chi connectivity index (χ1) is 7.17. The summed E-state index contributed by atoms with van der Waals surface area (Å²) in [5.74, 6) is 0.400. The van der Waals surface area contributed by atoms with Crippen molar-refractivity contribution in [3.63, 3.8) is 0 Å². The molecule has 1 aliphatic rings. The Kier molecular flexibility index (Phi) is 5.58. The van der Waals surface area contributed by atoms with E-state index in [1.165, 1.54) is 25.7 Å². The third-order valence-electron chi connectivity index (χ3n) is 3.64. The fourth-order valence-electron chi connectivity index (χ4n) is 2.50. The van der Waals surface area contributed by atoms with Crippen molar-refractivity contribution in [1.82, 2.24) is 10.2 Å². The average molecular weight is 214 g/mol. The van der Waals surface area contributed by atoms with Crippen LogP contribution >= 0.6 is 0 Å². The van der Waals surface area contributed by atoms with E-state index in [1.807, 2.05) is 0 Å². The van der Waals surface area contributed by atoms with E-state index in [2.05, 4.69) is 31.2 Å². The Bertz CT molecular complexity index is 167. The van der Waals surface area contributed by atoms with Gasteiger partial charge in [-0.15, -0.1) is 0 Å². The molecular weight excluding hydrogens is 188 g/mol. The smallest absolute Gasteiger partial charge is 0.0468 e. The van der Waals surface area contributed by atoms with Crippen LogP contribution in [0.15, 0.2) is 0 Å². The van der Waals surface area contributed by atoms with Crippen LogP contribution in [0, 0.1) is 5.92 Å². The van der Waals surface area contributed by atoms with Gasteiger partial charge in [0.05, 0.1) is 0 Å². The van der Waals surface area contributed by atoms with Crippen molar-refractivity contribution in [2.75, 3.05) is 27.2 Å². The predicted molar refractivity (Wildman–Crippen MR) is 64.0 cm³/mol. The number of aliphatic hydroxyl groups excluding tert-OH is 1. The van der Waals surface area contributed by atoms with Crippen LogP contribution in [0.4, 0.5) is 0 Å². The summed E-state index contributed by atoms with van der Waals surface area (Å²) in [6, 6.07) is 1.45. The monoisotopic (exact) mass is 214 g/mol. The van der Waals surface area contributed by atoms with Crippen LogP contribution in [0.5, 0.6) is 0 Å². The van der Waals surface area contributed by atoms with E-state index in [-0.39, 0.29) is 0 Å². The maximum absolute atomic E-state index is 9.03. The van der Waals surface area contributed by atoms with Gasteiger partial charge in [-0.2, -0.15) is 0 Å². The quantitative estimate of drug-likeness (QED) is 0.719. The molecule has 1 unspecified atom stereocenters. The largest absolute Gasteiger partial charge is 0.396 e. The summed E-state index contributed by atoms with van der Waals surface area (Å²) in [5, 5.41) is 12.4. The zero-order valence-corrected chi connectivity index (χ0v) is 10.4. The van der Waals surface area contributed by atoms with Crippen LogP contribution in [-0.2, 0) is 0 Å². The average Bonchev–Trinajstić information content (AvgIpc) is 2.29. The fraction of sp³-hybridized carbons (Fsp3) is 1.00. The van der Waals surface area contributed by atoms with Crippen molar-refractivity contribution in [2.45, 2.75) is 44.7 Å². The van der Waals surface area contributed by atoms with E-state index in [0.717, 1.165) is 18.6 Å². The molecule has 2 N–H and O–H groups in total. The molecule has 0 aromatic rings. The molecular formula is C12H26N2O. The minimum Gasteiger partial charge on any atom is -0.396 e. The van der Waals surface area contributed by atoms with Gasteiger partial charge in [-0.05, 0) is 45.7 Å². The Hall–Kier alpha value is -0.120. The fourth-order valence-corrected chi connectivity index (χ4v) is 2.50. The molecule has 0 radical (unpaired) electrons. The number of hydrogen-bond donors (Lipinski definition) is 2. The maximum Gasteiger partial charge on any atom is 0.0468 e. The Labute approximate surface area is 93.9 Å². The highest BCUT2D eigenvalue weighted by molar-refractivity contribution is 4.81. The molecule has 1 saturated carbocycles. The van der Waals surface area contributed by atoms with Crippen LogP contribution in [0.3, 0.4) is 0 Å². The van der Waals surface area contributed by atoms with Crippen LogP contribution < -0.4 is 5.32 Å². The first-order valence-electron chi connectivity index (χ1n) is 6.15. The molecule has 15 heavy (non-hydrogen) atoms. The van der Waals surface area contributed by atoms with Gasteiger partial charge in [0.1, 0.15) is 0 Å². The van der Waals surface area contributed by atoms with Gasteiger partial charge in [0.25, 0.3) is 0 Å². The summed E-state index contributed by atoms with van der Waals surface area (Å²) in [4.78, 5) is 2.42. The molecule has 0 bridgehead atoms. The normalized spacial score (nSPS) is 29.4. The van der Waals surface area contributed by atoms with E-state index in [9.17, 15) is 0 Å². The molecule has 0 spiro atoms. The minimum absolute atomic E-state index is 0.302. The summed E-state index contributed by atoms with van der Waals surface area (Å²) in [6.07, 6.45) is 5.17. The number of nitrogens with one attached hydrogen (secondary N) is 1. The summed E-state index contributed by atoms with van der Waals surface area (Å²) in [5.41, 5.74) is 0. The molecule has 0 aliphatic heterocycles. The maximum atomic E-state index is 9.03. The molecule has 3 nitrogen and oxygen atoms in total. The number of rotatable bonds is 5. The molecule has 3 heteroatoms. The van der Waals surface area contributed by atoms with Crippen molar-refractivity contribution in [1.29, 1.82) is 0 Å². The second-order valence-corrected chi connectivity index (χ2v) is 5.02. The summed E-state index contributed by atoms with van der Waals surface area (Å²) < 4.78 is 0. The van der Waals surface area contributed by atoms with Gasteiger partial charge in [0.2, 0.25) is 0 Å². The summed E-state index contributed by atoms with van der Waals surface area (Å²) in [7, 11) is 4.25. The second kappa shape index (κ2) is 6.46. The number of hydrogen-bond acceptors (Lipinski definition) is 3. The van der Waals surface area contributed by atoms with E-state index < -0.39 is 0 Å². The third-order valence-corrected chi connectivity index (χ3v) is 3.64. The Balaban J connectivity index is 2.26. The van der Waals surface area contributed by atoms with Crippen molar-refractivity contribution in [3.05, 3.63) is 0 Å². The lowest BCUT2D eigenvalue weighted by atomic mass is 9.90. The van der Waals surface area contributed by atoms with Crippen LogP contribution in [0.2, 0.25) is 0 Å². The lowest BCUT2D eigenvalue weighted by Crippen LogP contribution is -2.41. The Morgan fingerprint density at radius 3 is 2.40 bits per heavy atom. The van der Waals surface area contributed by atoms with Gasteiger partial charge < -0.3 is 15.3 Å². The van der Waals surface area contributed by atoms with E-state index in [0.29, 0.717) is 12.5 Å². The molecule has 1 rings (SSSR count). The van der Waals surface area contributed by atoms with Crippen LogP contribution in [0.25, 0.3) is 0 Å². The molecule has 0 amide bonds. The SMILES string of the molecule is CNC1CCC(N(C)CC(C)CO)CC1. The predicted octanol–water partition coefficient (Wildman–Crippen LogP) is 1.08. The van der Waals surface area contributed by atoms with Crippen LogP contribution in [-0.4, -0.2) is 49.3 Å². The Morgan fingerprint density at radius 1 is 1.33 bits per heavy atom. The number of aliphatic hydroxyl groups is 1. The molecule has 0 heterocycles. The Morgan fingerprint density at radius 2 is 1.93 bits per heavy atom. The first-order valence-corrected chi connectivity index (χ1v) is 6.15. The van der Waals surface area contributed by atoms with Crippen molar-refractivity contribution < 1.29 is 5.11 Å². The molecule has 0 aromatic carbocycles. The zero-order chi connectivity index (χ0) is 11.3. The molecule has 90 valence electrons. The van der Waals surface area contributed by atoms with Gasteiger partial charge >= 0.3 is 0 Å². The molecule has 0 aromatic heterocycles. The molecule has 1 atom stereocenters. The number of nitrogens with zero attached hydrogens (tertiary/aromatic N) is 1. The third kappa shape index (κ3) is 4.09. The molecule has 1 aliphatic carbocycles. The van der Waals surface area contributed by atoms with E-state index in [4.69, 9.17) is 5.11 Å². The second-order valence-electron chi connectivity index (χ2n) is 5.02. The topological polar surface area (TPSA) is 35.5 Å². The van der Waals surface area contributed by atoms with Crippen molar-refractivity contribution in [2.24, 2.45) is 5.92 Å². The zero-order valence-electron chi connectivity index (χ0n) is 10.4. The highest BCUT2D eigenvalue weighted by Crippen LogP contribution is 2.22. The molecule has 1 fully saturated rings.